The summed E-state index contributed by atoms with van der Waals surface area (Å²) < 4.78 is 0.624. The summed E-state index contributed by atoms with van der Waals surface area (Å²) in [7, 11) is 0. The van der Waals surface area contributed by atoms with Crippen LogP contribution >= 0.6 is 0 Å². The van der Waals surface area contributed by atoms with E-state index in [-0.39, 0.29) is 11.5 Å². The van der Waals surface area contributed by atoms with Crippen molar-refractivity contribution in [3.8, 4) is 0 Å². The maximum atomic E-state index is 12.6. The van der Waals surface area contributed by atoms with Crippen molar-refractivity contribution in [3.05, 3.63) is 48.6 Å². The minimum Gasteiger partial charge on any atom is -0.386 e. The normalized spacial score (nSPS) is 50.5. The Kier molecular flexibility index (Phi) is 7.78. The van der Waals surface area contributed by atoms with Gasteiger partial charge in [0, 0.05) is 18.3 Å². The first-order valence-electron chi connectivity index (χ1n) is 15.9. The molecule has 7 unspecified atom stereocenters. The molecule has 7 aliphatic rings. The van der Waals surface area contributed by atoms with E-state index in [0.717, 1.165) is 84.0 Å². The van der Waals surface area contributed by atoms with E-state index in [4.69, 9.17) is 0 Å². The van der Waals surface area contributed by atoms with Crippen molar-refractivity contribution in [2.75, 3.05) is 26.2 Å². The van der Waals surface area contributed by atoms with Crippen molar-refractivity contribution in [3.63, 3.8) is 0 Å². The number of allylic oxidation sites excluding steroid dienone is 7. The quantitative estimate of drug-likeness (QED) is 0.314. The Morgan fingerprint density at radius 1 is 0.789 bits per heavy atom. The minimum atomic E-state index is -0.922. The van der Waals surface area contributed by atoms with Gasteiger partial charge in [0.15, 0.2) is 11.8 Å². The van der Waals surface area contributed by atoms with E-state index in [0.29, 0.717) is 16.3 Å². The van der Waals surface area contributed by atoms with Crippen molar-refractivity contribution in [2.24, 2.45) is 17.3 Å². The first-order valence-corrected chi connectivity index (χ1v) is 15.9. The lowest BCUT2D eigenvalue weighted by Crippen LogP contribution is -2.77. The van der Waals surface area contributed by atoms with Gasteiger partial charge in [-0.25, -0.2) is 0 Å². The van der Waals surface area contributed by atoms with Crippen LogP contribution in [0.1, 0.15) is 83.5 Å². The van der Waals surface area contributed by atoms with Gasteiger partial charge in [0.2, 0.25) is 0 Å². The van der Waals surface area contributed by atoms with E-state index >= 15 is 0 Å². The highest BCUT2D eigenvalue weighted by molar-refractivity contribution is 5.28. The summed E-state index contributed by atoms with van der Waals surface area (Å²) in [4.78, 5) is 2.70. The molecule has 4 saturated heterocycles. The zero-order chi connectivity index (χ0) is 26.2. The number of piperidine rings is 2. The smallest absolute Gasteiger partial charge is 0.198 e. The SMILES string of the molecule is OC1C23CCCCCCC=CCCCN4CCC5C(C2)C[N+]12CCC/C=C\C/C=C\C=C\[C@H](O)[C@@H](O)C52C43. The molecule has 3 N–H and O–H groups in total. The molecule has 3 spiro atoms. The van der Waals surface area contributed by atoms with Crippen LogP contribution in [0.25, 0.3) is 0 Å². The van der Waals surface area contributed by atoms with Gasteiger partial charge in [-0.3, -0.25) is 9.38 Å². The molecule has 6 bridgehead atoms. The average molecular weight is 524 g/mol. The van der Waals surface area contributed by atoms with Crippen molar-refractivity contribution < 1.29 is 19.8 Å². The van der Waals surface area contributed by atoms with Gasteiger partial charge in [-0.15, -0.1) is 0 Å². The molecule has 0 aromatic heterocycles. The van der Waals surface area contributed by atoms with Gasteiger partial charge in [-0.05, 0) is 70.9 Å². The predicted molar refractivity (Wildman–Crippen MR) is 152 cm³/mol. The predicted octanol–water partition coefficient (Wildman–Crippen LogP) is 4.85. The lowest BCUT2D eigenvalue weighted by atomic mass is 9.52. The highest BCUT2D eigenvalue weighted by atomic mass is 16.3. The summed E-state index contributed by atoms with van der Waals surface area (Å²) >= 11 is 0. The molecule has 5 nitrogen and oxygen atoms in total. The van der Waals surface area contributed by atoms with E-state index in [2.05, 4.69) is 35.3 Å². The Morgan fingerprint density at radius 2 is 1.58 bits per heavy atom. The largest absolute Gasteiger partial charge is 0.386 e. The summed E-state index contributed by atoms with van der Waals surface area (Å²) in [5.74, 6) is 0.903. The molecule has 6 aliphatic heterocycles. The molecule has 0 amide bonds. The van der Waals surface area contributed by atoms with Crippen LogP contribution in [0, 0.1) is 17.3 Å². The van der Waals surface area contributed by atoms with E-state index in [9.17, 15) is 15.3 Å². The standard InChI is InChI=1S/C33H51N2O3/c36-28-18-14-10-6-2-5-9-13-17-23-35-25-26-24-32(31(35)38)20-15-11-7-3-1-4-8-12-16-21-34-22-19-27(26)33(35,29(28)37)30(32)34/h4-6,8-10,14,18,26-31,36-38H,1-3,7,11-13,15-17,19-25H2/q+1/b8-4?,9-5-,10-6-,18-14+/t26?,27?,28-,29+,30?,31?,32?,33?,35?/m0/s1. The van der Waals surface area contributed by atoms with Crippen LogP contribution < -0.4 is 0 Å². The second-order valence-electron chi connectivity index (χ2n) is 13.4. The Morgan fingerprint density at radius 3 is 2.47 bits per heavy atom. The summed E-state index contributed by atoms with van der Waals surface area (Å²) in [5, 5.41) is 36.6. The Hall–Kier alpha value is -1.24. The number of hydrogen-bond acceptors (Lipinski definition) is 4. The summed E-state index contributed by atoms with van der Waals surface area (Å²) in [5.41, 5.74) is -0.692. The van der Waals surface area contributed by atoms with Crippen molar-refractivity contribution in [2.45, 2.75) is 113 Å². The lowest BCUT2D eigenvalue weighted by Gasteiger charge is -2.58. The van der Waals surface area contributed by atoms with Crippen LogP contribution in [0.3, 0.4) is 0 Å². The van der Waals surface area contributed by atoms with Crippen LogP contribution in [0.2, 0.25) is 0 Å². The number of aliphatic hydroxyl groups excluding tert-OH is 3. The van der Waals surface area contributed by atoms with Gasteiger partial charge in [-0.2, -0.15) is 0 Å². The molecular formula is C33H51N2O3+. The summed E-state index contributed by atoms with van der Waals surface area (Å²) in [6, 6.07) is 0.131. The zero-order valence-electron chi connectivity index (χ0n) is 23.3. The van der Waals surface area contributed by atoms with Crippen LogP contribution in [-0.2, 0) is 0 Å². The van der Waals surface area contributed by atoms with Crippen LogP contribution in [0.15, 0.2) is 48.6 Å². The molecule has 38 heavy (non-hydrogen) atoms. The topological polar surface area (TPSA) is 63.9 Å². The van der Waals surface area contributed by atoms with E-state index in [1.807, 2.05) is 12.2 Å². The van der Waals surface area contributed by atoms with E-state index in [1.165, 1.54) is 25.7 Å². The molecule has 5 heteroatoms. The Labute approximate surface area is 230 Å². The molecular weight excluding hydrogens is 472 g/mol. The van der Waals surface area contributed by atoms with Crippen molar-refractivity contribution in [1.29, 1.82) is 0 Å². The summed E-state index contributed by atoms with van der Waals surface area (Å²) in [6.07, 6.45) is 29.3. The molecule has 0 aromatic carbocycles. The monoisotopic (exact) mass is 523 g/mol. The molecule has 210 valence electrons. The van der Waals surface area contributed by atoms with E-state index < -0.39 is 24.0 Å². The van der Waals surface area contributed by atoms with Crippen molar-refractivity contribution in [1.82, 2.24) is 4.90 Å². The second kappa shape index (κ2) is 11.0. The number of hydrogen-bond donors (Lipinski definition) is 3. The second-order valence-corrected chi connectivity index (χ2v) is 13.4. The van der Waals surface area contributed by atoms with Crippen molar-refractivity contribution >= 4 is 0 Å². The Bertz CT molecular complexity index is 960. The van der Waals surface area contributed by atoms with Gasteiger partial charge < -0.3 is 15.3 Å². The molecule has 0 radical (unpaired) electrons. The fourth-order valence-corrected chi connectivity index (χ4v) is 10.6. The number of nitrogens with zero attached hydrogens (tertiary/aromatic N) is 2. The maximum absolute atomic E-state index is 12.6. The molecule has 1 saturated carbocycles. The van der Waals surface area contributed by atoms with Gasteiger partial charge >= 0.3 is 0 Å². The van der Waals surface area contributed by atoms with Crippen LogP contribution in [-0.4, -0.2) is 80.9 Å². The molecule has 1 aliphatic carbocycles. The fourth-order valence-electron chi connectivity index (χ4n) is 10.6. The molecule has 9 atom stereocenters. The van der Waals surface area contributed by atoms with Crippen LogP contribution in [0.4, 0.5) is 0 Å². The third-order valence-corrected chi connectivity index (χ3v) is 11.7. The first-order chi connectivity index (χ1) is 18.6. The Balaban J connectivity index is 1.47. The van der Waals surface area contributed by atoms with E-state index in [1.54, 1.807) is 6.08 Å². The average Bonchev–Trinajstić information content (AvgIpc) is 3.20. The van der Waals surface area contributed by atoms with Gasteiger partial charge in [0.25, 0.3) is 0 Å². The minimum absolute atomic E-state index is 0.131. The number of quaternary nitrogens is 1. The van der Waals surface area contributed by atoms with Gasteiger partial charge in [0.1, 0.15) is 12.2 Å². The molecule has 5 fully saturated rings. The lowest BCUT2D eigenvalue weighted by molar-refractivity contribution is -1.00. The van der Waals surface area contributed by atoms with Gasteiger partial charge in [0.05, 0.1) is 24.5 Å². The summed E-state index contributed by atoms with van der Waals surface area (Å²) in [6.45, 7) is 3.96. The first kappa shape index (κ1) is 27.0. The highest BCUT2D eigenvalue weighted by Crippen LogP contribution is 2.73. The number of rotatable bonds is 0. The van der Waals surface area contributed by atoms with Crippen LogP contribution in [0.5, 0.6) is 0 Å². The fraction of sp³-hybridized carbons (Fsp3) is 0.758. The molecule has 7 rings (SSSR count). The zero-order valence-corrected chi connectivity index (χ0v) is 23.3. The van der Waals surface area contributed by atoms with Gasteiger partial charge in [-0.1, -0.05) is 67.9 Å². The molecule has 0 aromatic rings. The number of aliphatic hydroxyl groups is 3. The molecule has 6 heterocycles. The maximum Gasteiger partial charge on any atom is 0.198 e. The third-order valence-electron chi connectivity index (χ3n) is 11.7. The third kappa shape index (κ3) is 3.98. The highest BCUT2D eigenvalue weighted by Gasteiger charge is 2.89.